The predicted octanol–water partition coefficient (Wildman–Crippen LogP) is 3.68. The van der Waals surface area contributed by atoms with Gasteiger partial charge in [0.15, 0.2) is 0 Å². The van der Waals surface area contributed by atoms with Gasteiger partial charge in [-0.1, -0.05) is 48.9 Å². The van der Waals surface area contributed by atoms with Gasteiger partial charge in [0.1, 0.15) is 6.17 Å². The number of nitrogens with zero attached hydrogens (tertiary/aromatic N) is 1. The molecular formula is C25H29ClN5NaO3S. The van der Waals surface area contributed by atoms with Crippen LogP contribution in [0, 0.1) is 0 Å². The van der Waals surface area contributed by atoms with Crippen molar-refractivity contribution in [1.29, 1.82) is 0 Å². The van der Waals surface area contributed by atoms with Gasteiger partial charge in [-0.05, 0) is 60.4 Å². The zero-order chi connectivity index (χ0) is 25.0. The van der Waals surface area contributed by atoms with Crippen molar-refractivity contribution >= 4 is 74.3 Å². The molecule has 0 saturated carbocycles. The maximum atomic E-state index is 12.4. The second kappa shape index (κ2) is 12.3. The van der Waals surface area contributed by atoms with E-state index in [1.807, 2.05) is 47.2 Å². The van der Waals surface area contributed by atoms with E-state index in [-0.39, 0.29) is 47.2 Å². The van der Waals surface area contributed by atoms with E-state index in [1.165, 1.54) is 12.1 Å². The fourth-order valence-corrected chi connectivity index (χ4v) is 5.23. The number of urea groups is 1. The van der Waals surface area contributed by atoms with Crippen LogP contribution in [0.3, 0.4) is 0 Å². The van der Waals surface area contributed by atoms with Crippen molar-refractivity contribution < 1.29 is 13.2 Å². The van der Waals surface area contributed by atoms with E-state index in [0.29, 0.717) is 18.0 Å². The molecule has 1 unspecified atom stereocenters. The third kappa shape index (κ3) is 6.34. The van der Waals surface area contributed by atoms with Crippen LogP contribution in [-0.4, -0.2) is 56.7 Å². The number of anilines is 3. The molecule has 0 aromatic heterocycles. The summed E-state index contributed by atoms with van der Waals surface area (Å²) in [5, 5.41) is 6.79. The monoisotopic (exact) mass is 537 g/mol. The molecule has 0 saturated heterocycles. The van der Waals surface area contributed by atoms with Crippen LogP contribution in [0.15, 0.2) is 71.6 Å². The molecule has 0 aliphatic carbocycles. The van der Waals surface area contributed by atoms with Gasteiger partial charge in [0, 0.05) is 18.8 Å². The quantitative estimate of drug-likeness (QED) is 0.326. The number of carbonyl (C=O) groups excluding carboxylic acids is 1. The minimum absolute atomic E-state index is 0. The number of para-hydroxylation sites is 1. The zero-order valence-electron chi connectivity index (χ0n) is 19.3. The van der Waals surface area contributed by atoms with Gasteiger partial charge in [0.05, 0.1) is 21.3 Å². The van der Waals surface area contributed by atoms with Crippen LogP contribution in [0.25, 0.3) is 0 Å². The standard InChI is InChI=1S/C25H28ClN5O3S.Na.H/c1-2-23-29-22-5-3-4-21(26)24(22)31(23)19-10-6-17(7-11-19)14-15-28-25(32)30-35(33,34)20-12-8-18(16-27)9-13-20;;/h3-13,23,29H,2,14-16,27H2,1H3,(H2,28,30,32);;. The van der Waals surface area contributed by atoms with Crippen molar-refractivity contribution in [2.75, 3.05) is 16.8 Å². The van der Waals surface area contributed by atoms with Crippen LogP contribution in [0.2, 0.25) is 5.02 Å². The minimum atomic E-state index is -3.96. The molecule has 1 heterocycles. The molecule has 3 aromatic rings. The number of fused-ring (bicyclic) bond motifs is 1. The van der Waals surface area contributed by atoms with E-state index < -0.39 is 16.1 Å². The van der Waals surface area contributed by atoms with Gasteiger partial charge in [0.25, 0.3) is 10.0 Å². The Morgan fingerprint density at radius 2 is 1.72 bits per heavy atom. The number of carbonyl (C=O) groups is 1. The molecule has 36 heavy (non-hydrogen) atoms. The first-order chi connectivity index (χ1) is 16.8. The summed E-state index contributed by atoms with van der Waals surface area (Å²) in [5.41, 5.74) is 10.3. The summed E-state index contributed by atoms with van der Waals surface area (Å²) >= 11 is 6.49. The van der Waals surface area contributed by atoms with Gasteiger partial charge in [0.2, 0.25) is 0 Å². The Balaban J connectivity index is 0.00000361. The van der Waals surface area contributed by atoms with Crippen LogP contribution in [0.1, 0.15) is 24.5 Å². The number of hydrogen-bond acceptors (Lipinski definition) is 6. The van der Waals surface area contributed by atoms with E-state index in [1.54, 1.807) is 12.1 Å². The molecule has 4 rings (SSSR count). The van der Waals surface area contributed by atoms with Gasteiger partial charge in [-0.25, -0.2) is 17.9 Å². The molecule has 3 aromatic carbocycles. The normalized spacial score (nSPS) is 14.4. The summed E-state index contributed by atoms with van der Waals surface area (Å²) in [7, 11) is -3.96. The Kier molecular flexibility index (Phi) is 9.68. The van der Waals surface area contributed by atoms with Crippen molar-refractivity contribution in [3.8, 4) is 0 Å². The first kappa shape index (κ1) is 28.3. The Morgan fingerprint density at radius 1 is 1.06 bits per heavy atom. The molecule has 0 bridgehead atoms. The second-order valence-corrected chi connectivity index (χ2v) is 10.3. The molecule has 186 valence electrons. The Labute approximate surface area is 238 Å². The van der Waals surface area contributed by atoms with Crippen LogP contribution >= 0.6 is 11.6 Å². The van der Waals surface area contributed by atoms with Gasteiger partial charge < -0.3 is 21.3 Å². The Bertz CT molecular complexity index is 1300. The predicted molar refractivity (Wildman–Crippen MR) is 147 cm³/mol. The maximum absolute atomic E-state index is 12.4. The molecule has 1 atom stereocenters. The van der Waals surface area contributed by atoms with E-state index >= 15 is 0 Å². The summed E-state index contributed by atoms with van der Waals surface area (Å²) in [5.74, 6) is 0. The molecular weight excluding hydrogens is 509 g/mol. The van der Waals surface area contributed by atoms with E-state index in [2.05, 4.69) is 22.5 Å². The number of amides is 2. The first-order valence-electron chi connectivity index (χ1n) is 11.3. The van der Waals surface area contributed by atoms with Gasteiger partial charge in [-0.2, -0.15) is 0 Å². The molecule has 1 aliphatic rings. The molecule has 0 radical (unpaired) electrons. The summed E-state index contributed by atoms with van der Waals surface area (Å²) in [6.07, 6.45) is 1.55. The average Bonchev–Trinajstić information content (AvgIpc) is 3.24. The van der Waals surface area contributed by atoms with Crippen molar-refractivity contribution in [3.63, 3.8) is 0 Å². The van der Waals surface area contributed by atoms with E-state index in [0.717, 1.165) is 34.6 Å². The molecule has 0 fully saturated rings. The fraction of sp³-hybridized carbons (Fsp3) is 0.240. The van der Waals surface area contributed by atoms with Crippen LogP contribution in [-0.2, 0) is 23.0 Å². The Morgan fingerprint density at radius 3 is 2.36 bits per heavy atom. The Hall–Kier alpha value is -2.27. The summed E-state index contributed by atoms with van der Waals surface area (Å²) in [4.78, 5) is 14.3. The van der Waals surface area contributed by atoms with E-state index in [9.17, 15) is 13.2 Å². The number of rotatable bonds is 8. The summed E-state index contributed by atoms with van der Waals surface area (Å²) in [6, 6.07) is 19.2. The third-order valence-electron chi connectivity index (χ3n) is 5.86. The molecule has 8 nitrogen and oxygen atoms in total. The number of benzene rings is 3. The number of halogens is 1. The topological polar surface area (TPSA) is 117 Å². The molecule has 11 heteroatoms. The van der Waals surface area contributed by atoms with Gasteiger partial charge in [-0.3, -0.25) is 0 Å². The number of nitrogens with two attached hydrogens (primary N) is 1. The van der Waals surface area contributed by atoms with Crippen LogP contribution < -0.4 is 26.0 Å². The fourth-order valence-electron chi connectivity index (χ4n) is 4.04. The zero-order valence-corrected chi connectivity index (χ0v) is 20.9. The summed E-state index contributed by atoms with van der Waals surface area (Å²) < 4.78 is 26.8. The molecule has 1 aliphatic heterocycles. The van der Waals surface area contributed by atoms with E-state index in [4.69, 9.17) is 17.3 Å². The number of nitrogens with one attached hydrogen (secondary N) is 3. The van der Waals surface area contributed by atoms with Crippen molar-refractivity contribution in [3.05, 3.63) is 82.9 Å². The van der Waals surface area contributed by atoms with Crippen molar-refractivity contribution in [1.82, 2.24) is 10.0 Å². The molecule has 0 spiro atoms. The van der Waals surface area contributed by atoms with Gasteiger partial charge in [-0.15, -0.1) is 0 Å². The van der Waals surface area contributed by atoms with Gasteiger partial charge >= 0.3 is 35.6 Å². The SMILES string of the molecule is CCC1Nc2cccc(Cl)c2N1c1ccc(CCNC(=O)NS(=O)(=O)c2ccc(CN)cc2)cc1.[NaH]. The number of sulfonamides is 1. The molecule has 2 amide bonds. The first-order valence-corrected chi connectivity index (χ1v) is 13.2. The number of hydrogen-bond donors (Lipinski definition) is 4. The average molecular weight is 538 g/mol. The van der Waals surface area contributed by atoms with Crippen molar-refractivity contribution in [2.45, 2.75) is 37.4 Å². The second-order valence-electron chi connectivity index (χ2n) is 8.20. The molecule has 5 N–H and O–H groups in total. The van der Waals surface area contributed by atoms with Crippen LogP contribution in [0.4, 0.5) is 21.9 Å². The van der Waals surface area contributed by atoms with Crippen molar-refractivity contribution in [2.24, 2.45) is 5.73 Å². The van der Waals surface area contributed by atoms with Crippen LogP contribution in [0.5, 0.6) is 0 Å². The summed E-state index contributed by atoms with van der Waals surface area (Å²) in [6.45, 7) is 2.71. The third-order valence-corrected chi connectivity index (χ3v) is 7.51.